The first-order valence-corrected chi connectivity index (χ1v) is 8.96. The van der Waals surface area contributed by atoms with Crippen LogP contribution < -0.4 is 0 Å². The molecule has 0 aromatic carbocycles. The Morgan fingerprint density at radius 3 is 1.70 bits per heavy atom. The zero-order valence-electron chi connectivity index (χ0n) is 14.1. The van der Waals surface area contributed by atoms with Crippen LogP contribution in [0.25, 0.3) is 0 Å². The fourth-order valence-corrected chi connectivity index (χ4v) is 3.21. The van der Waals surface area contributed by atoms with Crippen molar-refractivity contribution in [1.29, 1.82) is 0 Å². The van der Waals surface area contributed by atoms with Gasteiger partial charge >= 0.3 is 7.12 Å². The topological polar surface area (TPSA) is 18.5 Å². The maximum Gasteiger partial charge on any atom is 0.463 e. The monoisotopic (exact) mass is 282 g/mol. The van der Waals surface area contributed by atoms with Crippen LogP contribution in [0.5, 0.6) is 0 Å². The van der Waals surface area contributed by atoms with E-state index in [9.17, 15) is 0 Å². The van der Waals surface area contributed by atoms with E-state index >= 15 is 0 Å². The summed E-state index contributed by atoms with van der Waals surface area (Å²) in [5, 5.41) is 0.233. The average Bonchev–Trinajstić information content (AvgIpc) is 2.98. The Kier molecular flexibility index (Phi) is 9.63. The summed E-state index contributed by atoms with van der Waals surface area (Å²) in [6.07, 6.45) is 14.6. The van der Waals surface area contributed by atoms with Crippen molar-refractivity contribution in [3.05, 3.63) is 0 Å². The van der Waals surface area contributed by atoms with E-state index < -0.39 is 0 Å². The van der Waals surface area contributed by atoms with E-state index in [1.54, 1.807) is 0 Å². The minimum Gasteiger partial charge on any atom is -0.408 e. The predicted octanol–water partition coefficient (Wildman–Crippen LogP) is 5.61. The van der Waals surface area contributed by atoms with Crippen LogP contribution in [-0.4, -0.2) is 20.3 Å². The normalized spacial score (nSPS) is 18.4. The fourth-order valence-electron chi connectivity index (χ4n) is 3.21. The molecule has 0 amide bonds. The third-order valence-electron chi connectivity index (χ3n) is 4.64. The average molecular weight is 282 g/mol. The van der Waals surface area contributed by atoms with Gasteiger partial charge in [0.2, 0.25) is 0 Å². The van der Waals surface area contributed by atoms with E-state index in [4.69, 9.17) is 9.31 Å². The van der Waals surface area contributed by atoms with E-state index in [1.807, 2.05) is 0 Å². The molecule has 1 rings (SSSR count). The highest BCUT2D eigenvalue weighted by Gasteiger charge is 2.43. The maximum absolute atomic E-state index is 5.83. The molecule has 0 aliphatic carbocycles. The molecule has 2 nitrogen and oxygen atoms in total. The molecule has 1 fully saturated rings. The molecule has 1 atom stereocenters. The zero-order chi connectivity index (χ0) is 14.7. The molecule has 1 heterocycles. The molecule has 1 aliphatic heterocycles. The van der Waals surface area contributed by atoms with Crippen LogP contribution in [-0.2, 0) is 9.31 Å². The number of unbranched alkanes of at least 4 members (excludes halogenated alkanes) is 7. The van der Waals surface area contributed by atoms with Crippen molar-refractivity contribution in [3.63, 3.8) is 0 Å². The van der Waals surface area contributed by atoms with Gasteiger partial charge in [0.05, 0.1) is 13.2 Å². The highest BCUT2D eigenvalue weighted by molar-refractivity contribution is 6.49. The van der Waals surface area contributed by atoms with Gasteiger partial charge in [-0.2, -0.15) is 0 Å². The Bertz CT molecular complexity index is 229. The summed E-state index contributed by atoms with van der Waals surface area (Å²) in [4.78, 5) is 0. The maximum atomic E-state index is 5.83. The van der Waals surface area contributed by atoms with Gasteiger partial charge in [-0.15, -0.1) is 0 Å². The lowest BCUT2D eigenvalue weighted by molar-refractivity contribution is 0.295. The lowest BCUT2D eigenvalue weighted by Gasteiger charge is -2.31. The third kappa shape index (κ3) is 6.63. The molecule has 0 N–H and O–H groups in total. The Morgan fingerprint density at radius 1 is 0.750 bits per heavy atom. The molecule has 0 aromatic rings. The predicted molar refractivity (Wildman–Crippen MR) is 88.2 cm³/mol. The largest absolute Gasteiger partial charge is 0.463 e. The molecule has 20 heavy (non-hydrogen) atoms. The SMILES string of the molecule is CCCCCCCC(C)(CCCCCC)B1OCCO1. The van der Waals surface area contributed by atoms with E-state index in [0.29, 0.717) is 0 Å². The van der Waals surface area contributed by atoms with Gasteiger partial charge < -0.3 is 9.31 Å². The van der Waals surface area contributed by atoms with Crippen molar-refractivity contribution in [2.24, 2.45) is 0 Å². The summed E-state index contributed by atoms with van der Waals surface area (Å²) in [6, 6.07) is 0. The second kappa shape index (κ2) is 10.7. The van der Waals surface area contributed by atoms with Crippen LogP contribution in [0, 0.1) is 0 Å². The number of hydrogen-bond acceptors (Lipinski definition) is 2. The summed E-state index contributed by atoms with van der Waals surface area (Å²) in [5.41, 5.74) is 0. The molecular weight excluding hydrogens is 247 g/mol. The van der Waals surface area contributed by atoms with Gasteiger partial charge in [-0.25, -0.2) is 0 Å². The molecule has 0 aromatic heterocycles. The van der Waals surface area contributed by atoms with Gasteiger partial charge in [0.25, 0.3) is 0 Å². The third-order valence-corrected chi connectivity index (χ3v) is 4.64. The van der Waals surface area contributed by atoms with Gasteiger partial charge in [-0.3, -0.25) is 0 Å². The van der Waals surface area contributed by atoms with Crippen LogP contribution in [0.2, 0.25) is 5.31 Å². The lowest BCUT2D eigenvalue weighted by Crippen LogP contribution is -2.32. The summed E-state index contributed by atoms with van der Waals surface area (Å²) < 4.78 is 11.7. The van der Waals surface area contributed by atoms with Crippen molar-refractivity contribution in [3.8, 4) is 0 Å². The lowest BCUT2D eigenvalue weighted by atomic mass is 9.54. The Labute approximate surface area is 127 Å². The van der Waals surface area contributed by atoms with Gasteiger partial charge in [0.15, 0.2) is 0 Å². The van der Waals surface area contributed by atoms with Crippen LogP contribution in [0.3, 0.4) is 0 Å². The minimum absolute atomic E-state index is 0.0512. The van der Waals surface area contributed by atoms with Crippen molar-refractivity contribution >= 4 is 7.12 Å². The van der Waals surface area contributed by atoms with Gasteiger partial charge in [0.1, 0.15) is 0 Å². The quantitative estimate of drug-likeness (QED) is 0.342. The van der Waals surface area contributed by atoms with Crippen molar-refractivity contribution in [1.82, 2.24) is 0 Å². The van der Waals surface area contributed by atoms with E-state index in [2.05, 4.69) is 20.8 Å². The van der Waals surface area contributed by atoms with Gasteiger partial charge in [-0.1, -0.05) is 78.6 Å². The van der Waals surface area contributed by atoms with Gasteiger partial charge in [0, 0.05) is 5.31 Å². The Balaban J connectivity index is 2.33. The highest BCUT2D eigenvalue weighted by Crippen LogP contribution is 2.43. The van der Waals surface area contributed by atoms with Crippen molar-refractivity contribution in [2.45, 2.75) is 96.7 Å². The first-order valence-electron chi connectivity index (χ1n) is 8.96. The number of rotatable bonds is 12. The molecule has 0 spiro atoms. The van der Waals surface area contributed by atoms with Crippen molar-refractivity contribution < 1.29 is 9.31 Å². The molecule has 3 heteroatoms. The molecule has 1 aliphatic rings. The molecule has 0 saturated carbocycles. The van der Waals surface area contributed by atoms with E-state index in [1.165, 1.54) is 70.6 Å². The smallest absolute Gasteiger partial charge is 0.408 e. The van der Waals surface area contributed by atoms with Gasteiger partial charge in [-0.05, 0) is 12.8 Å². The van der Waals surface area contributed by atoms with Crippen LogP contribution in [0.1, 0.15) is 91.4 Å². The molecule has 0 radical (unpaired) electrons. The molecular formula is C17H35BO2. The minimum atomic E-state index is 0.0512. The Morgan fingerprint density at radius 2 is 1.20 bits per heavy atom. The van der Waals surface area contributed by atoms with E-state index in [0.717, 1.165) is 13.2 Å². The summed E-state index contributed by atoms with van der Waals surface area (Å²) in [5.74, 6) is 0. The summed E-state index contributed by atoms with van der Waals surface area (Å²) in [6.45, 7) is 8.50. The number of hydrogen-bond donors (Lipinski definition) is 0. The zero-order valence-corrected chi connectivity index (χ0v) is 14.1. The Hall–Kier alpha value is -0.0151. The van der Waals surface area contributed by atoms with Crippen LogP contribution in [0.15, 0.2) is 0 Å². The second-order valence-electron chi connectivity index (χ2n) is 6.70. The standard InChI is InChI=1S/C17H35BO2/c1-4-6-8-10-12-14-17(3,13-11-9-7-5-2)18-19-15-16-20-18/h4-16H2,1-3H3. The fraction of sp³-hybridized carbons (Fsp3) is 1.00. The molecule has 118 valence electrons. The molecule has 1 unspecified atom stereocenters. The molecule has 0 bridgehead atoms. The van der Waals surface area contributed by atoms with E-state index in [-0.39, 0.29) is 12.4 Å². The van der Waals surface area contributed by atoms with Crippen molar-refractivity contribution in [2.75, 3.05) is 13.2 Å². The van der Waals surface area contributed by atoms with Crippen LogP contribution >= 0.6 is 0 Å². The first-order chi connectivity index (χ1) is 9.73. The second-order valence-corrected chi connectivity index (χ2v) is 6.70. The highest BCUT2D eigenvalue weighted by atomic mass is 16.6. The van der Waals surface area contributed by atoms with Crippen LogP contribution in [0.4, 0.5) is 0 Å². The first kappa shape index (κ1) is 18.0. The summed E-state index contributed by atoms with van der Waals surface area (Å²) >= 11 is 0. The summed E-state index contributed by atoms with van der Waals surface area (Å²) in [7, 11) is 0.0512. The molecule has 1 saturated heterocycles.